The van der Waals surface area contributed by atoms with Gasteiger partial charge in [-0.15, -0.1) is 0 Å². The number of rotatable bonds is 6. The molecule has 1 N–H and O–H groups in total. The number of esters is 1. The van der Waals surface area contributed by atoms with Crippen molar-refractivity contribution in [3.05, 3.63) is 48.4 Å². The Kier molecular flexibility index (Phi) is 6.62. The Bertz CT molecular complexity index is 829. The third-order valence-corrected chi connectivity index (χ3v) is 5.01. The lowest BCUT2D eigenvalue weighted by atomic mass is 10.0. The van der Waals surface area contributed by atoms with Crippen LogP contribution in [0.25, 0.3) is 11.3 Å². The molecule has 6 nitrogen and oxygen atoms in total. The van der Waals surface area contributed by atoms with Crippen LogP contribution in [0.2, 0.25) is 0 Å². The fraction of sp³-hybridized carbons (Fsp3) is 0.478. The molecule has 1 aliphatic carbocycles. The van der Waals surface area contributed by atoms with Crippen LogP contribution in [0.1, 0.15) is 63.4 Å². The Hall–Kier alpha value is -2.76. The van der Waals surface area contributed by atoms with Crippen molar-refractivity contribution in [1.82, 2.24) is 15.3 Å². The van der Waals surface area contributed by atoms with E-state index < -0.39 is 5.60 Å². The Balaban J connectivity index is 1.46. The first-order valence-electron chi connectivity index (χ1n) is 10.2. The van der Waals surface area contributed by atoms with Gasteiger partial charge in [-0.05, 0) is 76.6 Å². The van der Waals surface area contributed by atoms with Gasteiger partial charge in [0.2, 0.25) is 0 Å². The molecule has 2 atom stereocenters. The van der Waals surface area contributed by atoms with Gasteiger partial charge in [-0.25, -0.2) is 0 Å². The summed E-state index contributed by atoms with van der Waals surface area (Å²) in [4.78, 5) is 33.0. The number of carbonyl (C=O) groups is 2. The van der Waals surface area contributed by atoms with Crippen LogP contribution in [0, 0.1) is 5.92 Å². The van der Waals surface area contributed by atoms with Crippen molar-refractivity contribution >= 4 is 11.9 Å². The predicted octanol–water partition coefficient (Wildman–Crippen LogP) is 4.16. The summed E-state index contributed by atoms with van der Waals surface area (Å²) in [5.41, 5.74) is 1.67. The number of hydrogen-bond acceptors (Lipinski definition) is 5. The number of pyridine rings is 2. The van der Waals surface area contributed by atoms with Crippen LogP contribution in [0.15, 0.2) is 42.7 Å². The molecule has 0 radical (unpaired) electrons. The average molecular weight is 396 g/mol. The van der Waals surface area contributed by atoms with E-state index in [9.17, 15) is 9.59 Å². The zero-order chi connectivity index (χ0) is 20.9. The molecule has 1 amide bonds. The molecular formula is C23H29N3O3. The maximum absolute atomic E-state index is 12.5. The van der Waals surface area contributed by atoms with Gasteiger partial charge in [-0.2, -0.15) is 0 Å². The number of hydrogen-bond donors (Lipinski definition) is 1. The molecule has 1 saturated carbocycles. The number of nitrogens with zero attached hydrogens (tertiary/aromatic N) is 2. The summed E-state index contributed by atoms with van der Waals surface area (Å²) in [6.07, 6.45) is 7.47. The highest BCUT2D eigenvalue weighted by Gasteiger charge is 2.27. The van der Waals surface area contributed by atoms with E-state index in [1.165, 1.54) is 0 Å². The smallest absolute Gasteiger partial charge is 0.306 e. The van der Waals surface area contributed by atoms with Gasteiger partial charge in [0.25, 0.3) is 5.91 Å². The van der Waals surface area contributed by atoms with E-state index in [-0.39, 0.29) is 17.9 Å². The Morgan fingerprint density at radius 3 is 2.62 bits per heavy atom. The third kappa shape index (κ3) is 6.38. The van der Waals surface area contributed by atoms with Crippen molar-refractivity contribution < 1.29 is 14.3 Å². The van der Waals surface area contributed by atoms with Gasteiger partial charge in [0.05, 0.1) is 5.69 Å². The minimum atomic E-state index is -0.442. The van der Waals surface area contributed by atoms with Gasteiger partial charge in [0, 0.05) is 30.4 Å². The summed E-state index contributed by atoms with van der Waals surface area (Å²) in [7, 11) is 0. The summed E-state index contributed by atoms with van der Waals surface area (Å²) in [5.74, 6) is 0.129. The second-order valence-corrected chi connectivity index (χ2v) is 8.62. The monoisotopic (exact) mass is 395 g/mol. The minimum absolute atomic E-state index is 0.128. The van der Waals surface area contributed by atoms with E-state index in [4.69, 9.17) is 4.74 Å². The van der Waals surface area contributed by atoms with Crippen molar-refractivity contribution in [3.8, 4) is 11.3 Å². The first-order chi connectivity index (χ1) is 13.8. The van der Waals surface area contributed by atoms with Gasteiger partial charge in [-0.3, -0.25) is 19.6 Å². The summed E-state index contributed by atoms with van der Waals surface area (Å²) >= 11 is 0. The highest BCUT2D eigenvalue weighted by atomic mass is 16.6. The molecule has 0 spiro atoms. The summed E-state index contributed by atoms with van der Waals surface area (Å²) in [6, 6.07) is 9.41. The molecule has 6 heteroatoms. The molecule has 2 aromatic heterocycles. The largest absolute Gasteiger partial charge is 0.460 e. The molecular weight excluding hydrogens is 366 g/mol. The molecule has 0 aliphatic heterocycles. The van der Waals surface area contributed by atoms with E-state index in [1.807, 2.05) is 45.0 Å². The zero-order valence-corrected chi connectivity index (χ0v) is 17.4. The highest BCUT2D eigenvalue weighted by Crippen LogP contribution is 2.30. The second-order valence-electron chi connectivity index (χ2n) is 8.62. The Labute approximate surface area is 172 Å². The fourth-order valence-corrected chi connectivity index (χ4v) is 3.66. The third-order valence-electron chi connectivity index (χ3n) is 5.01. The molecule has 29 heavy (non-hydrogen) atoms. The number of amides is 1. The molecule has 154 valence electrons. The van der Waals surface area contributed by atoms with Crippen LogP contribution >= 0.6 is 0 Å². The number of aromatic nitrogens is 2. The zero-order valence-electron chi connectivity index (χ0n) is 17.4. The van der Waals surface area contributed by atoms with Gasteiger partial charge < -0.3 is 10.1 Å². The van der Waals surface area contributed by atoms with Gasteiger partial charge in [0.1, 0.15) is 11.3 Å². The van der Waals surface area contributed by atoms with E-state index in [0.29, 0.717) is 18.0 Å². The molecule has 2 aromatic rings. The normalized spacial score (nSPS) is 19.0. The van der Waals surface area contributed by atoms with Crippen LogP contribution in [-0.4, -0.2) is 33.5 Å². The fourth-order valence-electron chi connectivity index (χ4n) is 3.66. The van der Waals surface area contributed by atoms with Crippen LogP contribution in [-0.2, 0) is 9.53 Å². The van der Waals surface area contributed by atoms with E-state index in [1.54, 1.807) is 18.5 Å². The molecule has 1 aliphatic rings. The molecule has 0 bridgehead atoms. The van der Waals surface area contributed by atoms with Crippen molar-refractivity contribution in [1.29, 1.82) is 0 Å². The first-order valence-corrected chi connectivity index (χ1v) is 10.2. The van der Waals surface area contributed by atoms with Crippen LogP contribution < -0.4 is 5.32 Å². The van der Waals surface area contributed by atoms with E-state index in [0.717, 1.165) is 36.9 Å². The van der Waals surface area contributed by atoms with Crippen molar-refractivity contribution in [2.75, 3.05) is 0 Å². The van der Waals surface area contributed by atoms with Gasteiger partial charge in [-0.1, -0.05) is 6.07 Å². The highest BCUT2D eigenvalue weighted by molar-refractivity contribution is 5.92. The lowest BCUT2D eigenvalue weighted by Crippen LogP contribution is -2.33. The molecule has 0 saturated heterocycles. The number of nitrogens with one attached hydrogen (secondary N) is 1. The number of carbonyl (C=O) groups excluding carboxylic acids is 2. The lowest BCUT2D eigenvalue weighted by Gasteiger charge is -2.20. The maximum Gasteiger partial charge on any atom is 0.306 e. The van der Waals surface area contributed by atoms with Gasteiger partial charge in [0.15, 0.2) is 0 Å². The summed E-state index contributed by atoms with van der Waals surface area (Å²) in [6.45, 7) is 5.63. The SMILES string of the molecule is CC(C)(C)OC(=O)CCC1CC[C@@H](NC(=O)c2ccc(-c3ccccn3)cn2)C1. The van der Waals surface area contributed by atoms with Crippen molar-refractivity contribution in [3.63, 3.8) is 0 Å². The average Bonchev–Trinajstić information content (AvgIpc) is 3.13. The molecule has 0 aromatic carbocycles. The summed E-state index contributed by atoms with van der Waals surface area (Å²) < 4.78 is 5.37. The predicted molar refractivity (Wildman–Crippen MR) is 111 cm³/mol. The molecule has 1 unspecified atom stereocenters. The van der Waals surface area contributed by atoms with E-state index >= 15 is 0 Å². The van der Waals surface area contributed by atoms with Crippen LogP contribution in [0.3, 0.4) is 0 Å². The van der Waals surface area contributed by atoms with Gasteiger partial charge >= 0.3 is 5.97 Å². The maximum atomic E-state index is 12.5. The Morgan fingerprint density at radius 2 is 1.97 bits per heavy atom. The van der Waals surface area contributed by atoms with E-state index in [2.05, 4.69) is 15.3 Å². The molecule has 1 fully saturated rings. The topological polar surface area (TPSA) is 81.2 Å². The summed E-state index contributed by atoms with van der Waals surface area (Å²) in [5, 5.41) is 3.08. The van der Waals surface area contributed by atoms with Crippen molar-refractivity contribution in [2.24, 2.45) is 5.92 Å². The second kappa shape index (κ2) is 9.16. The Morgan fingerprint density at radius 1 is 1.14 bits per heavy atom. The number of ether oxygens (including phenoxy) is 1. The lowest BCUT2D eigenvalue weighted by molar-refractivity contribution is -0.155. The quantitative estimate of drug-likeness (QED) is 0.743. The van der Waals surface area contributed by atoms with Crippen LogP contribution in [0.4, 0.5) is 0 Å². The molecule has 2 heterocycles. The standard InChI is InChI=1S/C23H29N3O3/c1-23(2,3)29-21(27)12-8-16-7-10-18(14-16)26-22(28)20-11-9-17(15-25-20)19-6-4-5-13-24-19/h4-6,9,11,13,15-16,18H,7-8,10,12,14H2,1-3H3,(H,26,28)/t16?,18-/m1/s1. The minimum Gasteiger partial charge on any atom is -0.460 e. The first kappa shape index (κ1) is 21.0. The molecule has 3 rings (SSSR count). The van der Waals surface area contributed by atoms with Crippen LogP contribution in [0.5, 0.6) is 0 Å². The van der Waals surface area contributed by atoms with Crippen molar-refractivity contribution in [2.45, 2.75) is 64.5 Å².